The number of rotatable bonds is 5. The zero-order valence-electron chi connectivity index (χ0n) is 17.3. The summed E-state index contributed by atoms with van der Waals surface area (Å²) in [6.45, 7) is 7.79. The predicted octanol–water partition coefficient (Wildman–Crippen LogP) is 3.20. The highest BCUT2D eigenvalue weighted by Crippen LogP contribution is 2.22. The van der Waals surface area contributed by atoms with Gasteiger partial charge in [0.1, 0.15) is 0 Å². The van der Waals surface area contributed by atoms with Gasteiger partial charge in [-0.3, -0.25) is 9.69 Å². The lowest BCUT2D eigenvalue weighted by Crippen LogP contribution is -2.46. The van der Waals surface area contributed by atoms with Gasteiger partial charge in [0.05, 0.1) is 5.56 Å². The first-order chi connectivity index (χ1) is 14.2. The molecule has 1 amide bonds. The van der Waals surface area contributed by atoms with Crippen molar-refractivity contribution in [2.45, 2.75) is 45.2 Å². The van der Waals surface area contributed by atoms with E-state index in [0.29, 0.717) is 11.6 Å². The largest absolute Gasteiger partial charge is 0.338 e. The van der Waals surface area contributed by atoms with Crippen LogP contribution < -0.4 is 4.90 Å². The van der Waals surface area contributed by atoms with Crippen LogP contribution in [0.5, 0.6) is 0 Å². The molecule has 3 heterocycles. The number of anilines is 1. The second-order valence-electron chi connectivity index (χ2n) is 8.08. The van der Waals surface area contributed by atoms with E-state index in [0.717, 1.165) is 64.5 Å². The molecule has 0 spiro atoms. The van der Waals surface area contributed by atoms with Gasteiger partial charge in [-0.2, -0.15) is 0 Å². The number of benzene rings is 1. The van der Waals surface area contributed by atoms with E-state index in [2.05, 4.69) is 57.0 Å². The molecule has 1 aromatic heterocycles. The van der Waals surface area contributed by atoms with Gasteiger partial charge in [0.25, 0.3) is 5.91 Å². The van der Waals surface area contributed by atoms with Crippen LogP contribution in [0.4, 0.5) is 5.95 Å². The average molecular weight is 394 g/mol. The summed E-state index contributed by atoms with van der Waals surface area (Å²) in [4.78, 5) is 28.6. The summed E-state index contributed by atoms with van der Waals surface area (Å²) in [6, 6.07) is 11.0. The minimum Gasteiger partial charge on any atom is -0.338 e. The van der Waals surface area contributed by atoms with Crippen molar-refractivity contribution >= 4 is 11.9 Å². The van der Waals surface area contributed by atoms with E-state index in [9.17, 15) is 4.79 Å². The first-order valence-corrected chi connectivity index (χ1v) is 10.9. The number of hydrogen-bond donors (Lipinski definition) is 0. The Labute approximate surface area is 173 Å². The van der Waals surface area contributed by atoms with Crippen LogP contribution >= 0.6 is 0 Å². The number of carbonyl (C=O) groups excluding carboxylic acids is 1. The number of hydrogen-bond acceptors (Lipinski definition) is 5. The minimum atomic E-state index is 0.0794. The Bertz CT molecular complexity index is 787. The maximum absolute atomic E-state index is 12.9. The smallest absolute Gasteiger partial charge is 0.257 e. The molecule has 6 heteroatoms. The SMILES string of the molecule is CCC1CCCCN1C(=O)c1cnc(N2CCN(Cc3ccccc3)CC2)nc1. The summed E-state index contributed by atoms with van der Waals surface area (Å²) in [6.07, 6.45) is 7.85. The zero-order chi connectivity index (χ0) is 20.1. The van der Waals surface area contributed by atoms with Crippen molar-refractivity contribution in [2.24, 2.45) is 0 Å². The number of aromatic nitrogens is 2. The lowest BCUT2D eigenvalue weighted by Gasteiger charge is -2.35. The molecule has 2 aliphatic heterocycles. The predicted molar refractivity (Wildman–Crippen MR) is 115 cm³/mol. The Morgan fingerprint density at radius 3 is 2.41 bits per heavy atom. The normalized spacial score (nSPS) is 20.7. The molecule has 0 N–H and O–H groups in total. The highest BCUT2D eigenvalue weighted by Gasteiger charge is 2.27. The maximum Gasteiger partial charge on any atom is 0.257 e. The van der Waals surface area contributed by atoms with Crippen molar-refractivity contribution in [3.05, 3.63) is 53.9 Å². The van der Waals surface area contributed by atoms with Crippen LogP contribution in [-0.4, -0.2) is 64.4 Å². The minimum absolute atomic E-state index is 0.0794. The number of amides is 1. The molecule has 0 saturated carbocycles. The molecule has 0 radical (unpaired) electrons. The fraction of sp³-hybridized carbons (Fsp3) is 0.522. The molecule has 4 rings (SSSR count). The first-order valence-electron chi connectivity index (χ1n) is 10.9. The lowest BCUT2D eigenvalue weighted by atomic mass is 9.99. The summed E-state index contributed by atoms with van der Waals surface area (Å²) in [7, 11) is 0. The molecule has 6 nitrogen and oxygen atoms in total. The van der Waals surface area contributed by atoms with Crippen LogP contribution in [0, 0.1) is 0 Å². The topological polar surface area (TPSA) is 52.6 Å². The lowest BCUT2D eigenvalue weighted by molar-refractivity contribution is 0.0607. The van der Waals surface area contributed by atoms with E-state index in [1.165, 1.54) is 12.0 Å². The summed E-state index contributed by atoms with van der Waals surface area (Å²) >= 11 is 0. The fourth-order valence-electron chi connectivity index (χ4n) is 4.40. The van der Waals surface area contributed by atoms with Crippen LogP contribution in [0.25, 0.3) is 0 Å². The van der Waals surface area contributed by atoms with Crippen LogP contribution in [-0.2, 0) is 6.54 Å². The molecule has 1 unspecified atom stereocenters. The van der Waals surface area contributed by atoms with Crippen molar-refractivity contribution in [1.29, 1.82) is 0 Å². The van der Waals surface area contributed by atoms with Crippen LogP contribution in [0.1, 0.15) is 48.5 Å². The van der Waals surface area contributed by atoms with Gasteiger partial charge >= 0.3 is 0 Å². The Hall–Kier alpha value is -2.47. The molecule has 2 fully saturated rings. The molecule has 0 bridgehead atoms. The average Bonchev–Trinajstić information content (AvgIpc) is 2.80. The second kappa shape index (κ2) is 9.35. The van der Waals surface area contributed by atoms with Gasteiger partial charge in [-0.05, 0) is 31.2 Å². The van der Waals surface area contributed by atoms with Crippen molar-refractivity contribution in [3.63, 3.8) is 0 Å². The van der Waals surface area contributed by atoms with Gasteiger partial charge in [-0.15, -0.1) is 0 Å². The van der Waals surface area contributed by atoms with Crippen molar-refractivity contribution in [1.82, 2.24) is 19.8 Å². The molecule has 2 aromatic rings. The monoisotopic (exact) mass is 393 g/mol. The van der Waals surface area contributed by atoms with Crippen LogP contribution in [0.3, 0.4) is 0 Å². The summed E-state index contributed by atoms with van der Waals surface area (Å²) < 4.78 is 0. The Balaban J connectivity index is 1.33. The van der Waals surface area contributed by atoms with E-state index in [1.54, 1.807) is 12.4 Å². The fourth-order valence-corrected chi connectivity index (χ4v) is 4.40. The molecule has 154 valence electrons. The van der Waals surface area contributed by atoms with Gasteiger partial charge in [0.15, 0.2) is 0 Å². The summed E-state index contributed by atoms with van der Waals surface area (Å²) in [5.41, 5.74) is 1.96. The molecule has 0 aliphatic carbocycles. The van der Waals surface area contributed by atoms with Gasteiger partial charge in [-0.1, -0.05) is 37.3 Å². The standard InChI is InChI=1S/C23H31N5O/c1-2-21-10-6-7-11-28(21)22(29)20-16-24-23(25-17-20)27-14-12-26(13-15-27)18-19-8-4-3-5-9-19/h3-5,8-9,16-17,21H,2,6-7,10-15,18H2,1H3. The van der Waals surface area contributed by atoms with Crippen LogP contribution in [0.2, 0.25) is 0 Å². The number of likely N-dealkylation sites (tertiary alicyclic amines) is 1. The quantitative estimate of drug-likeness (QED) is 0.781. The molecule has 1 atom stereocenters. The van der Waals surface area contributed by atoms with Crippen LogP contribution in [0.15, 0.2) is 42.7 Å². The molecule has 2 saturated heterocycles. The van der Waals surface area contributed by atoms with E-state index in [4.69, 9.17) is 0 Å². The van der Waals surface area contributed by atoms with E-state index in [-0.39, 0.29) is 5.91 Å². The van der Waals surface area contributed by atoms with Gasteiger partial charge < -0.3 is 9.80 Å². The Morgan fingerprint density at radius 1 is 1.00 bits per heavy atom. The molecule has 29 heavy (non-hydrogen) atoms. The summed E-state index contributed by atoms with van der Waals surface area (Å²) in [5.74, 6) is 0.808. The highest BCUT2D eigenvalue weighted by atomic mass is 16.2. The first kappa shape index (κ1) is 19.8. The third kappa shape index (κ3) is 4.75. The number of piperazine rings is 1. The molecule has 1 aromatic carbocycles. The maximum atomic E-state index is 12.9. The van der Waals surface area contributed by atoms with E-state index < -0.39 is 0 Å². The molecular formula is C23H31N5O. The number of carbonyl (C=O) groups is 1. The van der Waals surface area contributed by atoms with Crippen molar-refractivity contribution in [2.75, 3.05) is 37.6 Å². The number of nitrogens with zero attached hydrogens (tertiary/aromatic N) is 5. The van der Waals surface area contributed by atoms with Gasteiger partial charge in [0.2, 0.25) is 5.95 Å². The second-order valence-corrected chi connectivity index (χ2v) is 8.08. The third-order valence-corrected chi connectivity index (χ3v) is 6.15. The van der Waals surface area contributed by atoms with E-state index >= 15 is 0 Å². The van der Waals surface area contributed by atoms with Crippen molar-refractivity contribution < 1.29 is 4.79 Å². The Kier molecular flexibility index (Phi) is 6.39. The number of piperidine rings is 1. The Morgan fingerprint density at radius 2 is 1.72 bits per heavy atom. The van der Waals surface area contributed by atoms with Gasteiger partial charge in [-0.25, -0.2) is 9.97 Å². The highest BCUT2D eigenvalue weighted by molar-refractivity contribution is 5.94. The van der Waals surface area contributed by atoms with Gasteiger partial charge in [0, 0.05) is 57.7 Å². The summed E-state index contributed by atoms with van der Waals surface area (Å²) in [5, 5.41) is 0. The van der Waals surface area contributed by atoms with Crippen molar-refractivity contribution in [3.8, 4) is 0 Å². The third-order valence-electron chi connectivity index (χ3n) is 6.15. The zero-order valence-corrected chi connectivity index (χ0v) is 17.3. The van der Waals surface area contributed by atoms with E-state index in [1.807, 2.05) is 4.90 Å². The molecular weight excluding hydrogens is 362 g/mol. The molecule has 2 aliphatic rings.